The molecule has 1 saturated carbocycles. The van der Waals surface area contributed by atoms with E-state index in [1.165, 1.54) is 24.9 Å². The number of aromatic nitrogens is 10. The van der Waals surface area contributed by atoms with Crippen molar-refractivity contribution in [1.29, 1.82) is 0 Å². The molecule has 1 unspecified atom stereocenters. The summed E-state index contributed by atoms with van der Waals surface area (Å²) in [4.78, 5) is 130. The summed E-state index contributed by atoms with van der Waals surface area (Å²) < 4.78 is 1.14. The van der Waals surface area contributed by atoms with Crippen LogP contribution in [-0.4, -0.2) is 166 Å². The number of piperidine rings is 1. The number of rotatable bonds is 28. The first-order valence-corrected chi connectivity index (χ1v) is 50.6. The third-order valence-electron chi connectivity index (χ3n) is 24.1. The van der Waals surface area contributed by atoms with Crippen LogP contribution in [0.1, 0.15) is 222 Å². The van der Waals surface area contributed by atoms with Gasteiger partial charge in [0, 0.05) is 55.1 Å². The van der Waals surface area contributed by atoms with E-state index < -0.39 is 17.7 Å². The average Bonchev–Trinajstić information content (AvgIpc) is 1.61. The number of amides is 10. The molecule has 7 heterocycles. The number of likely N-dealkylation sites (tertiary alicyclic amines) is 1. The second-order valence-corrected chi connectivity index (χ2v) is 38.3. The van der Waals surface area contributed by atoms with Crippen LogP contribution >= 0.6 is 106 Å². The number of H-pyrrole nitrogens is 5. The standard InChI is InChI=1S/C24H25BrClN5O2.C24H18BrClN4O2.C20H19ClN4O2.C18H21BrClN5O2.C18H21ClN4O2/c25-20-21(29-30-22(20)28-23(32)18-8-4-5-9-19(18)26)24(33)27-13-10-16-11-14-31(15-12-16)17-6-2-1-3-7-17;25-19-21(29-30-22(19)28-23(31)17-13-7-8-14-18(17)26)24(32)27-20(15-9-3-1-4-10-15)16-11-5-2-6-12-16;1-12-17(20(27)22-13(2)14-8-4-3-5-9-14)24-25-18(12)23-19(26)15-10-6-7-11-16(15)21;1-11(25-8-4-5-9-25)10-21-18(27)15-14(19)16(24-23-15)22-17(26)12-6-2-3-7-13(12)20;1-11-15(18(25)20-12-7-3-2-4-8-12)22-23-16(11)21-17(24)13-9-5-6-10-14(13)19/h1-9,16H,10-15H2,(H,27,33)(H2,28,29,30,32);1-14,20H,(H,27,32)(H2,28,29,30,31);3-11,13H,1-2H3,(H,22,27)(H2,23,24,25,26);2-3,6-7,11H,4-5,8-10H2,1H3,(H,21,27)(H2,22,23,24,26);5-6,9-10,12H,2-4,7-8H2,1H3,(H,20,25)(H2,21,22,23,24)/t;;13-;;/m..0../s1. The zero-order valence-electron chi connectivity index (χ0n) is 78.5. The highest BCUT2D eigenvalue weighted by Gasteiger charge is 2.31. The van der Waals surface area contributed by atoms with E-state index in [0.29, 0.717) is 114 Å². The van der Waals surface area contributed by atoms with Crippen LogP contribution in [0, 0.1) is 19.8 Å². The van der Waals surface area contributed by atoms with E-state index in [1.807, 2.05) is 104 Å². The van der Waals surface area contributed by atoms with Gasteiger partial charge in [-0.3, -0.25) is 78.3 Å². The number of carbonyl (C=O) groups is 10. The van der Waals surface area contributed by atoms with Crippen molar-refractivity contribution in [3.8, 4) is 0 Å². The summed E-state index contributed by atoms with van der Waals surface area (Å²) in [6.07, 6.45) is 11.1. The molecule has 2 aliphatic heterocycles. The van der Waals surface area contributed by atoms with Crippen LogP contribution in [0.25, 0.3) is 0 Å². The third kappa shape index (κ3) is 29.4. The van der Waals surface area contributed by atoms with E-state index in [2.05, 4.69) is 193 Å². The van der Waals surface area contributed by atoms with E-state index in [9.17, 15) is 47.9 Å². The van der Waals surface area contributed by atoms with Crippen LogP contribution in [0.15, 0.2) is 256 Å². The zero-order valence-corrected chi connectivity index (χ0v) is 87.1. The highest BCUT2D eigenvalue weighted by molar-refractivity contribution is 9.11. The Bertz CT molecular complexity index is 6760. The van der Waals surface area contributed by atoms with Gasteiger partial charge in [-0.2, -0.15) is 25.5 Å². The van der Waals surface area contributed by atoms with Gasteiger partial charge in [-0.1, -0.05) is 247 Å². The van der Waals surface area contributed by atoms with Crippen molar-refractivity contribution in [2.24, 2.45) is 5.92 Å². The van der Waals surface area contributed by atoms with Gasteiger partial charge in [0.2, 0.25) is 0 Å². The Balaban J connectivity index is 0.000000151. The summed E-state index contributed by atoms with van der Waals surface area (Å²) in [5.74, 6) is -1.52. The first-order valence-electron chi connectivity index (χ1n) is 46.4. The van der Waals surface area contributed by atoms with Gasteiger partial charge >= 0.3 is 0 Å². The summed E-state index contributed by atoms with van der Waals surface area (Å²) >= 11 is 40.3. The molecule has 40 heteroatoms. The minimum atomic E-state index is -0.429. The minimum absolute atomic E-state index is 0.164. The molecule has 0 bridgehead atoms. The zero-order chi connectivity index (χ0) is 102. The number of aromatic amines is 5. The monoisotopic (exact) mass is 2230 g/mol. The number of anilines is 6. The van der Waals surface area contributed by atoms with Crippen molar-refractivity contribution in [2.75, 3.05) is 70.8 Å². The van der Waals surface area contributed by atoms with Crippen LogP contribution in [0.4, 0.5) is 34.8 Å². The van der Waals surface area contributed by atoms with Gasteiger partial charge in [0.1, 0.15) is 28.5 Å². The van der Waals surface area contributed by atoms with E-state index in [1.54, 1.807) is 135 Å². The summed E-state index contributed by atoms with van der Waals surface area (Å²) in [5, 5.41) is 63.7. The quantitative estimate of drug-likeness (QED) is 0.0217. The van der Waals surface area contributed by atoms with Crippen LogP contribution in [-0.2, 0) is 0 Å². The average molecular weight is 2240 g/mol. The van der Waals surface area contributed by atoms with Crippen molar-refractivity contribution in [3.05, 3.63) is 365 Å². The Morgan fingerprint density at radius 1 is 0.347 bits per heavy atom. The molecule has 10 amide bonds. The van der Waals surface area contributed by atoms with Crippen LogP contribution < -0.4 is 58.1 Å². The Kier molecular flexibility index (Phi) is 39.7. The molecule has 17 rings (SSSR count). The molecule has 1 aliphatic carbocycles. The Labute approximate surface area is 881 Å². The molecule has 9 aromatic carbocycles. The SMILES string of the molecule is CC(CNC(=O)c1[nH]nc(NC(=O)c2ccccc2Cl)c1Br)N1CCCC1.Cc1c(NC(=O)c2ccccc2Cl)n[nH]c1C(=O)NC1CCCCC1.Cc1c(NC(=O)c2ccccc2Cl)n[nH]c1C(=O)N[C@@H](C)c1ccccc1.O=C(Nc1n[nH]c(C(=O)NC(c2ccccc2)c2ccccc2)c1Br)c1ccccc1Cl.O=C(Nc1n[nH]c(C(=O)NCCC2CCN(c3ccccc3)CC2)c1Br)c1ccccc1Cl. The Morgan fingerprint density at radius 2 is 0.667 bits per heavy atom. The first-order chi connectivity index (χ1) is 69.6. The number of halogens is 8. The molecular formula is C104H104Br3Cl5N22O10. The van der Waals surface area contributed by atoms with Gasteiger partial charge in [0.15, 0.2) is 29.1 Å². The third-order valence-corrected chi connectivity index (χ3v) is 28.0. The fraction of sp³-hybridized carbons (Fsp3) is 0.240. The molecule has 0 radical (unpaired) electrons. The number of benzene rings is 9. The molecule has 5 aromatic heterocycles. The molecular weight excluding hydrogens is 2130 g/mol. The lowest BCUT2D eigenvalue weighted by molar-refractivity contribution is 0.0915. The summed E-state index contributed by atoms with van der Waals surface area (Å²) in [7, 11) is 0. The maximum atomic E-state index is 13.1. The van der Waals surface area contributed by atoms with Gasteiger partial charge in [-0.15, -0.1) is 0 Å². The molecule has 2 atom stereocenters. The van der Waals surface area contributed by atoms with Crippen LogP contribution in [0.5, 0.6) is 0 Å². The number of nitrogens with zero attached hydrogens (tertiary/aromatic N) is 7. The van der Waals surface area contributed by atoms with Crippen molar-refractivity contribution in [2.45, 2.75) is 116 Å². The molecule has 3 aliphatic rings. The second kappa shape index (κ2) is 53.1. The van der Waals surface area contributed by atoms with Gasteiger partial charge in [-0.25, -0.2) is 0 Å². The van der Waals surface area contributed by atoms with Crippen LogP contribution in [0.2, 0.25) is 25.1 Å². The normalized spacial score (nSPS) is 13.3. The highest BCUT2D eigenvalue weighted by Crippen LogP contribution is 2.34. The minimum Gasteiger partial charge on any atom is -0.372 e. The fourth-order valence-corrected chi connectivity index (χ4v) is 18.4. The molecule has 3 fully saturated rings. The molecule has 14 aromatic rings. The topological polar surface area (TPSA) is 441 Å². The van der Waals surface area contributed by atoms with Crippen molar-refractivity contribution in [1.82, 2.24) is 82.5 Å². The molecule has 144 heavy (non-hydrogen) atoms. The Hall–Kier alpha value is -13.6. The number of carbonyl (C=O) groups excluding carboxylic acids is 10. The van der Waals surface area contributed by atoms with Gasteiger partial charge < -0.3 is 58.1 Å². The second-order valence-electron chi connectivity index (χ2n) is 33.9. The van der Waals surface area contributed by atoms with Crippen LogP contribution in [0.3, 0.4) is 0 Å². The van der Waals surface area contributed by atoms with Crippen molar-refractivity contribution < 1.29 is 47.9 Å². The number of para-hydroxylation sites is 1. The van der Waals surface area contributed by atoms with Gasteiger partial charge in [0.05, 0.1) is 78.4 Å². The predicted molar refractivity (Wildman–Crippen MR) is 572 cm³/mol. The summed E-state index contributed by atoms with van der Waals surface area (Å²) in [5.41, 5.74) is 8.36. The van der Waals surface area contributed by atoms with E-state index in [4.69, 9.17) is 58.0 Å². The van der Waals surface area contributed by atoms with E-state index in [-0.39, 0.29) is 106 Å². The number of hydrogen-bond acceptors (Lipinski definition) is 17. The molecule has 32 nitrogen and oxygen atoms in total. The van der Waals surface area contributed by atoms with Crippen molar-refractivity contribution >= 4 is 200 Å². The number of hydrogen-bond donors (Lipinski definition) is 15. The lowest BCUT2D eigenvalue weighted by Crippen LogP contribution is -2.40. The largest absolute Gasteiger partial charge is 0.372 e. The Morgan fingerprint density at radius 3 is 1.06 bits per heavy atom. The predicted octanol–water partition coefficient (Wildman–Crippen LogP) is 21.8. The summed E-state index contributed by atoms with van der Waals surface area (Å²) in [6.45, 7) is 12.8. The van der Waals surface area contributed by atoms with Gasteiger partial charge in [-0.05, 0) is 229 Å². The molecule has 15 N–H and O–H groups in total. The molecule has 746 valence electrons. The smallest absolute Gasteiger partial charge is 0.271 e. The lowest BCUT2D eigenvalue weighted by atomic mass is 9.93. The van der Waals surface area contributed by atoms with Crippen molar-refractivity contribution in [3.63, 3.8) is 0 Å². The van der Waals surface area contributed by atoms with Gasteiger partial charge in [0.25, 0.3) is 59.1 Å². The maximum Gasteiger partial charge on any atom is 0.271 e. The molecule has 2 saturated heterocycles. The lowest BCUT2D eigenvalue weighted by Gasteiger charge is -2.33. The fourth-order valence-electron chi connectivity index (χ4n) is 16.0. The highest BCUT2D eigenvalue weighted by atomic mass is 79.9. The van der Waals surface area contributed by atoms with E-state index in [0.717, 1.165) is 87.8 Å². The summed E-state index contributed by atoms with van der Waals surface area (Å²) in [6, 6.07) is 73.1. The number of nitrogens with one attached hydrogen (secondary N) is 15. The van der Waals surface area contributed by atoms with E-state index >= 15 is 0 Å². The maximum absolute atomic E-state index is 13.1. The first kappa shape index (κ1) is 108. The molecule has 0 spiro atoms.